The molecule has 8 nitrogen and oxygen atoms in total. The van der Waals surface area contributed by atoms with E-state index in [-0.39, 0.29) is 6.10 Å². The molecule has 1 atom stereocenters. The average molecular weight is 316 g/mol. The van der Waals surface area contributed by atoms with Crippen molar-refractivity contribution in [3.8, 4) is 0 Å². The topological polar surface area (TPSA) is 89.2 Å². The van der Waals surface area contributed by atoms with E-state index in [1.807, 2.05) is 12.1 Å². The van der Waals surface area contributed by atoms with Crippen LogP contribution in [0.15, 0.2) is 22.9 Å². The highest BCUT2D eigenvalue weighted by atomic mass is 16.5. The Bertz CT molecular complexity index is 630. The molecule has 1 N–H and O–H groups in total. The Morgan fingerprint density at radius 2 is 2.30 bits per heavy atom. The van der Waals surface area contributed by atoms with E-state index >= 15 is 0 Å². The minimum absolute atomic E-state index is 0.112. The molecule has 0 unspecified atom stereocenters. The molecule has 2 aromatic heterocycles. The summed E-state index contributed by atoms with van der Waals surface area (Å²) in [5, 5.41) is 15.2. The summed E-state index contributed by atoms with van der Waals surface area (Å²) in [6.07, 6.45) is 4.12. The molecule has 122 valence electrons. The van der Waals surface area contributed by atoms with Crippen molar-refractivity contribution in [3.05, 3.63) is 30.0 Å². The standard InChI is InChI=1S/C15H20N6O2/c1-2-13(19-17-5-1)16-8-12-9-21(6-7-22-12)10-14-18-15(23-20-14)11-3-4-11/h1-2,5,11-12H,3-4,6-10H2,(H,16,19)/t12-/m1/s1. The Balaban J connectivity index is 1.28. The summed E-state index contributed by atoms with van der Waals surface area (Å²) >= 11 is 0. The second-order valence-corrected chi connectivity index (χ2v) is 6.04. The molecule has 2 fully saturated rings. The van der Waals surface area contributed by atoms with Gasteiger partial charge in [0.15, 0.2) is 5.82 Å². The number of hydrogen-bond acceptors (Lipinski definition) is 8. The van der Waals surface area contributed by atoms with E-state index in [1.54, 1.807) is 6.20 Å². The Morgan fingerprint density at radius 1 is 1.35 bits per heavy atom. The van der Waals surface area contributed by atoms with E-state index in [9.17, 15) is 0 Å². The lowest BCUT2D eigenvalue weighted by Gasteiger charge is -2.32. The zero-order chi connectivity index (χ0) is 15.5. The molecule has 23 heavy (non-hydrogen) atoms. The van der Waals surface area contributed by atoms with E-state index < -0.39 is 0 Å². The summed E-state index contributed by atoms with van der Waals surface area (Å²) in [6.45, 7) is 3.84. The van der Waals surface area contributed by atoms with Gasteiger partial charge in [0.25, 0.3) is 0 Å². The van der Waals surface area contributed by atoms with Gasteiger partial charge in [-0.15, -0.1) is 5.10 Å². The number of nitrogens with one attached hydrogen (secondary N) is 1. The first-order valence-electron chi connectivity index (χ1n) is 8.05. The van der Waals surface area contributed by atoms with Crippen LogP contribution in [0.3, 0.4) is 0 Å². The molecule has 0 radical (unpaired) electrons. The smallest absolute Gasteiger partial charge is 0.229 e. The molecular weight excluding hydrogens is 296 g/mol. The highest BCUT2D eigenvalue weighted by Crippen LogP contribution is 2.38. The summed E-state index contributed by atoms with van der Waals surface area (Å²) in [6, 6.07) is 3.75. The Hall–Kier alpha value is -2.06. The van der Waals surface area contributed by atoms with Gasteiger partial charge in [-0.2, -0.15) is 10.1 Å². The number of ether oxygens (including phenoxy) is 1. The van der Waals surface area contributed by atoms with Crippen molar-refractivity contribution < 1.29 is 9.26 Å². The maximum absolute atomic E-state index is 5.80. The number of rotatable bonds is 6. The van der Waals surface area contributed by atoms with E-state index in [4.69, 9.17) is 9.26 Å². The molecule has 1 saturated carbocycles. The molecule has 8 heteroatoms. The molecule has 1 saturated heterocycles. The Kier molecular flexibility index (Phi) is 4.16. The fraction of sp³-hybridized carbons (Fsp3) is 0.600. The van der Waals surface area contributed by atoms with Crippen molar-refractivity contribution in [1.82, 2.24) is 25.2 Å². The first-order chi connectivity index (χ1) is 11.4. The predicted molar refractivity (Wildman–Crippen MR) is 81.8 cm³/mol. The van der Waals surface area contributed by atoms with Crippen molar-refractivity contribution in [2.45, 2.75) is 31.4 Å². The van der Waals surface area contributed by atoms with Crippen LogP contribution < -0.4 is 5.32 Å². The van der Waals surface area contributed by atoms with Crippen molar-refractivity contribution in [2.75, 3.05) is 31.6 Å². The molecule has 0 aromatic carbocycles. The van der Waals surface area contributed by atoms with Crippen molar-refractivity contribution in [3.63, 3.8) is 0 Å². The molecular formula is C15H20N6O2. The summed E-state index contributed by atoms with van der Waals surface area (Å²) in [5.41, 5.74) is 0. The number of hydrogen-bond donors (Lipinski definition) is 1. The number of anilines is 1. The largest absolute Gasteiger partial charge is 0.374 e. The summed E-state index contributed by atoms with van der Waals surface area (Å²) in [7, 11) is 0. The van der Waals surface area contributed by atoms with Crippen LogP contribution in [0.25, 0.3) is 0 Å². The van der Waals surface area contributed by atoms with E-state index in [0.717, 1.165) is 30.6 Å². The van der Waals surface area contributed by atoms with Crippen LogP contribution in [0.2, 0.25) is 0 Å². The fourth-order valence-corrected chi connectivity index (χ4v) is 2.69. The van der Waals surface area contributed by atoms with Crippen LogP contribution in [0.1, 0.15) is 30.5 Å². The van der Waals surface area contributed by atoms with Crippen LogP contribution in [0.5, 0.6) is 0 Å². The van der Waals surface area contributed by atoms with Crippen LogP contribution in [-0.4, -0.2) is 57.6 Å². The highest BCUT2D eigenvalue weighted by molar-refractivity contribution is 5.31. The maximum atomic E-state index is 5.80. The minimum atomic E-state index is 0.112. The number of morpholine rings is 1. The lowest BCUT2D eigenvalue weighted by molar-refractivity contribution is -0.0250. The van der Waals surface area contributed by atoms with E-state index in [0.29, 0.717) is 25.6 Å². The van der Waals surface area contributed by atoms with Gasteiger partial charge in [0.05, 0.1) is 19.3 Å². The molecule has 2 aromatic rings. The third-order valence-corrected chi connectivity index (χ3v) is 4.08. The van der Waals surface area contributed by atoms with Crippen LogP contribution in [0, 0.1) is 0 Å². The second kappa shape index (κ2) is 6.59. The molecule has 0 amide bonds. The first-order valence-corrected chi connectivity index (χ1v) is 8.05. The van der Waals surface area contributed by atoms with Crippen LogP contribution >= 0.6 is 0 Å². The highest BCUT2D eigenvalue weighted by Gasteiger charge is 2.30. The predicted octanol–water partition coefficient (Wildman–Crippen LogP) is 1.05. The van der Waals surface area contributed by atoms with E-state index in [2.05, 4.69) is 30.6 Å². The summed E-state index contributed by atoms with van der Waals surface area (Å²) in [5.74, 6) is 2.84. The summed E-state index contributed by atoms with van der Waals surface area (Å²) in [4.78, 5) is 6.79. The number of aromatic nitrogens is 4. The van der Waals surface area contributed by atoms with Crippen molar-refractivity contribution in [1.29, 1.82) is 0 Å². The normalized spacial score (nSPS) is 22.2. The molecule has 2 aliphatic rings. The van der Waals surface area contributed by atoms with Gasteiger partial charge in [0, 0.05) is 31.7 Å². The Morgan fingerprint density at radius 3 is 3.13 bits per heavy atom. The zero-order valence-electron chi connectivity index (χ0n) is 12.9. The van der Waals surface area contributed by atoms with Crippen LogP contribution in [-0.2, 0) is 11.3 Å². The van der Waals surface area contributed by atoms with Crippen molar-refractivity contribution >= 4 is 5.82 Å². The lowest BCUT2D eigenvalue weighted by atomic mass is 10.2. The lowest BCUT2D eigenvalue weighted by Crippen LogP contribution is -2.45. The van der Waals surface area contributed by atoms with Gasteiger partial charge in [0.2, 0.25) is 5.89 Å². The monoisotopic (exact) mass is 316 g/mol. The van der Waals surface area contributed by atoms with Crippen LogP contribution in [0.4, 0.5) is 5.82 Å². The van der Waals surface area contributed by atoms with Gasteiger partial charge >= 0.3 is 0 Å². The van der Waals surface area contributed by atoms with Gasteiger partial charge in [-0.05, 0) is 25.0 Å². The van der Waals surface area contributed by atoms with Gasteiger partial charge < -0.3 is 14.6 Å². The molecule has 0 bridgehead atoms. The molecule has 1 aliphatic heterocycles. The molecule has 3 heterocycles. The van der Waals surface area contributed by atoms with Crippen molar-refractivity contribution in [2.24, 2.45) is 0 Å². The maximum Gasteiger partial charge on any atom is 0.229 e. The van der Waals surface area contributed by atoms with Gasteiger partial charge in [0.1, 0.15) is 5.82 Å². The minimum Gasteiger partial charge on any atom is -0.374 e. The second-order valence-electron chi connectivity index (χ2n) is 6.04. The molecule has 0 spiro atoms. The first kappa shape index (κ1) is 14.5. The average Bonchev–Trinajstić information content (AvgIpc) is 3.34. The fourth-order valence-electron chi connectivity index (χ4n) is 2.69. The quantitative estimate of drug-likeness (QED) is 0.846. The van der Waals surface area contributed by atoms with E-state index in [1.165, 1.54) is 12.8 Å². The third-order valence-electron chi connectivity index (χ3n) is 4.08. The van der Waals surface area contributed by atoms with Gasteiger partial charge in [-0.25, -0.2) is 0 Å². The molecule has 4 rings (SSSR count). The third kappa shape index (κ3) is 3.83. The number of nitrogens with zero attached hydrogens (tertiary/aromatic N) is 5. The summed E-state index contributed by atoms with van der Waals surface area (Å²) < 4.78 is 11.1. The van der Waals surface area contributed by atoms with Gasteiger partial charge in [-0.3, -0.25) is 4.90 Å². The Labute approximate surface area is 134 Å². The zero-order valence-corrected chi connectivity index (χ0v) is 12.9. The van der Waals surface area contributed by atoms with Gasteiger partial charge in [-0.1, -0.05) is 5.16 Å². The molecule has 1 aliphatic carbocycles. The SMILES string of the molecule is c1cnnc(NC[C@@H]2CN(Cc3noc(C4CC4)n3)CCO2)c1.